The maximum absolute atomic E-state index is 11.9. The van der Waals surface area contributed by atoms with Crippen molar-refractivity contribution in [2.24, 2.45) is 4.99 Å². The predicted octanol–water partition coefficient (Wildman–Crippen LogP) is 2.04. The number of hydrogen-bond donors (Lipinski definition) is 3. The minimum absolute atomic E-state index is 0.00763. The molecule has 0 unspecified atom stereocenters. The minimum Gasteiger partial charge on any atom is -0.467 e. The zero-order valence-corrected chi connectivity index (χ0v) is 13.9. The van der Waals surface area contributed by atoms with Crippen molar-refractivity contribution in [3.63, 3.8) is 0 Å². The number of amides is 1. The van der Waals surface area contributed by atoms with Crippen LogP contribution in [0.4, 0.5) is 0 Å². The smallest absolute Gasteiger partial charge is 0.222 e. The highest BCUT2D eigenvalue weighted by atomic mass is 16.3. The van der Waals surface area contributed by atoms with E-state index in [1.54, 1.807) is 6.26 Å². The zero-order valence-electron chi connectivity index (χ0n) is 13.9. The van der Waals surface area contributed by atoms with Crippen molar-refractivity contribution >= 4 is 11.9 Å². The van der Waals surface area contributed by atoms with Crippen LogP contribution < -0.4 is 16.0 Å². The van der Waals surface area contributed by atoms with Crippen LogP contribution in [0.5, 0.6) is 0 Å². The summed E-state index contributed by atoms with van der Waals surface area (Å²) < 4.78 is 5.25. The fourth-order valence-electron chi connectivity index (χ4n) is 2.08. The largest absolute Gasteiger partial charge is 0.467 e. The molecular weight excluding hydrogens is 304 g/mol. The summed E-state index contributed by atoms with van der Waals surface area (Å²) in [6, 6.07) is 13.6. The van der Waals surface area contributed by atoms with Crippen LogP contribution in [0.15, 0.2) is 58.1 Å². The molecule has 0 aliphatic carbocycles. The van der Waals surface area contributed by atoms with Gasteiger partial charge in [-0.3, -0.25) is 4.79 Å². The lowest BCUT2D eigenvalue weighted by Gasteiger charge is -2.11. The molecule has 2 aromatic rings. The van der Waals surface area contributed by atoms with Gasteiger partial charge in [-0.05, 0) is 24.6 Å². The van der Waals surface area contributed by atoms with Crippen molar-refractivity contribution in [2.45, 2.75) is 26.4 Å². The predicted molar refractivity (Wildman–Crippen MR) is 94.4 cm³/mol. The van der Waals surface area contributed by atoms with E-state index in [1.807, 2.05) is 49.4 Å². The third kappa shape index (κ3) is 6.56. The number of hydrogen-bond acceptors (Lipinski definition) is 3. The molecule has 1 heterocycles. The second-order valence-corrected chi connectivity index (χ2v) is 5.21. The van der Waals surface area contributed by atoms with E-state index >= 15 is 0 Å². The summed E-state index contributed by atoms with van der Waals surface area (Å²) in [6.45, 7) is 4.28. The Hall–Kier alpha value is -2.76. The summed E-state index contributed by atoms with van der Waals surface area (Å²) in [4.78, 5) is 16.3. The molecule has 0 aliphatic rings. The molecule has 0 aliphatic heterocycles. The molecule has 0 saturated heterocycles. The fraction of sp³-hybridized carbons (Fsp3) is 0.333. The van der Waals surface area contributed by atoms with Crippen molar-refractivity contribution in [2.75, 3.05) is 13.1 Å². The highest BCUT2D eigenvalue weighted by Gasteiger charge is 2.03. The second kappa shape index (κ2) is 10.1. The molecule has 1 aromatic carbocycles. The third-order valence-electron chi connectivity index (χ3n) is 3.29. The first-order chi connectivity index (χ1) is 11.8. The first-order valence-corrected chi connectivity index (χ1v) is 8.13. The minimum atomic E-state index is 0.00763. The molecule has 0 atom stereocenters. The standard InChI is InChI=1S/C18H24N4O2/c1-2-19-18(22-14-16-9-6-12-24-16)20-11-10-17(23)21-13-15-7-4-3-5-8-15/h3-9,12H,2,10-11,13-14H2,1H3,(H,21,23)(H2,19,20,22). The number of aliphatic imine (C=N–C) groups is 1. The van der Waals surface area contributed by atoms with Crippen LogP contribution in [0.1, 0.15) is 24.7 Å². The first kappa shape index (κ1) is 17.6. The van der Waals surface area contributed by atoms with Gasteiger partial charge in [-0.25, -0.2) is 4.99 Å². The monoisotopic (exact) mass is 328 g/mol. The Kier molecular flexibility index (Phi) is 7.40. The van der Waals surface area contributed by atoms with Crippen LogP contribution in [-0.2, 0) is 17.9 Å². The average Bonchev–Trinajstić information content (AvgIpc) is 3.12. The average molecular weight is 328 g/mol. The number of carbonyl (C=O) groups excluding carboxylic acids is 1. The van der Waals surface area contributed by atoms with Gasteiger partial charge >= 0.3 is 0 Å². The Morgan fingerprint density at radius 3 is 2.62 bits per heavy atom. The van der Waals surface area contributed by atoms with Gasteiger partial charge in [-0.15, -0.1) is 0 Å². The number of rotatable bonds is 8. The van der Waals surface area contributed by atoms with E-state index in [9.17, 15) is 4.79 Å². The Labute approximate surface area is 142 Å². The summed E-state index contributed by atoms with van der Waals surface area (Å²) in [5.74, 6) is 1.48. The number of nitrogens with zero attached hydrogens (tertiary/aromatic N) is 1. The highest BCUT2D eigenvalue weighted by molar-refractivity contribution is 5.81. The summed E-state index contributed by atoms with van der Waals surface area (Å²) in [5, 5.41) is 9.20. The molecule has 24 heavy (non-hydrogen) atoms. The highest BCUT2D eigenvalue weighted by Crippen LogP contribution is 2.01. The topological polar surface area (TPSA) is 78.7 Å². The summed E-state index contributed by atoms with van der Waals surface area (Å²) in [5.41, 5.74) is 1.09. The van der Waals surface area contributed by atoms with Gasteiger partial charge in [-0.2, -0.15) is 0 Å². The molecule has 1 amide bonds. The number of guanidine groups is 1. The maximum atomic E-state index is 11.9. The molecule has 0 saturated carbocycles. The van der Waals surface area contributed by atoms with Crippen LogP contribution in [0.2, 0.25) is 0 Å². The van der Waals surface area contributed by atoms with Crippen LogP contribution in [-0.4, -0.2) is 25.0 Å². The fourth-order valence-corrected chi connectivity index (χ4v) is 2.08. The molecule has 2 rings (SSSR count). The lowest BCUT2D eigenvalue weighted by molar-refractivity contribution is -0.121. The van der Waals surface area contributed by atoms with Crippen molar-refractivity contribution in [1.29, 1.82) is 0 Å². The zero-order chi connectivity index (χ0) is 17.0. The van der Waals surface area contributed by atoms with Gasteiger partial charge in [0.2, 0.25) is 5.91 Å². The first-order valence-electron chi connectivity index (χ1n) is 8.13. The molecule has 3 N–H and O–H groups in total. The molecule has 6 nitrogen and oxygen atoms in total. The molecular formula is C18H24N4O2. The lowest BCUT2D eigenvalue weighted by Crippen LogP contribution is -2.39. The van der Waals surface area contributed by atoms with Crippen LogP contribution in [0.25, 0.3) is 0 Å². The van der Waals surface area contributed by atoms with Gasteiger partial charge in [0.05, 0.1) is 6.26 Å². The van der Waals surface area contributed by atoms with Gasteiger partial charge < -0.3 is 20.4 Å². The Balaban J connectivity index is 1.69. The molecule has 0 bridgehead atoms. The number of furan rings is 1. The van der Waals surface area contributed by atoms with Gasteiger partial charge in [-0.1, -0.05) is 30.3 Å². The van der Waals surface area contributed by atoms with Crippen LogP contribution in [0, 0.1) is 0 Å². The Morgan fingerprint density at radius 1 is 1.08 bits per heavy atom. The summed E-state index contributed by atoms with van der Waals surface area (Å²) >= 11 is 0. The van der Waals surface area contributed by atoms with Gasteiger partial charge in [0, 0.05) is 26.1 Å². The van der Waals surface area contributed by atoms with Crippen molar-refractivity contribution in [3.05, 3.63) is 60.1 Å². The molecule has 0 radical (unpaired) electrons. The Bertz CT molecular complexity index is 624. The van der Waals surface area contributed by atoms with Crippen LogP contribution >= 0.6 is 0 Å². The van der Waals surface area contributed by atoms with E-state index in [0.717, 1.165) is 17.9 Å². The number of benzene rings is 1. The number of carbonyl (C=O) groups is 1. The van der Waals surface area contributed by atoms with E-state index in [0.29, 0.717) is 32.0 Å². The van der Waals surface area contributed by atoms with Crippen LogP contribution in [0.3, 0.4) is 0 Å². The maximum Gasteiger partial charge on any atom is 0.222 e. The van der Waals surface area contributed by atoms with Gasteiger partial charge in [0.25, 0.3) is 0 Å². The normalized spacial score (nSPS) is 11.1. The Morgan fingerprint density at radius 2 is 1.92 bits per heavy atom. The van der Waals surface area contributed by atoms with Crippen molar-refractivity contribution in [3.8, 4) is 0 Å². The second-order valence-electron chi connectivity index (χ2n) is 5.21. The molecule has 0 spiro atoms. The van der Waals surface area contributed by atoms with Gasteiger partial charge in [0.15, 0.2) is 5.96 Å². The van der Waals surface area contributed by atoms with E-state index in [2.05, 4.69) is 20.9 Å². The van der Waals surface area contributed by atoms with E-state index in [4.69, 9.17) is 4.42 Å². The summed E-state index contributed by atoms with van der Waals surface area (Å²) in [6.07, 6.45) is 2.01. The van der Waals surface area contributed by atoms with E-state index in [1.165, 1.54) is 0 Å². The van der Waals surface area contributed by atoms with E-state index < -0.39 is 0 Å². The van der Waals surface area contributed by atoms with Crippen molar-refractivity contribution in [1.82, 2.24) is 16.0 Å². The van der Waals surface area contributed by atoms with Crippen molar-refractivity contribution < 1.29 is 9.21 Å². The summed E-state index contributed by atoms with van der Waals surface area (Å²) in [7, 11) is 0. The molecule has 6 heteroatoms. The SMILES string of the molecule is CCNC(=NCc1ccco1)NCCC(=O)NCc1ccccc1. The number of nitrogens with one attached hydrogen (secondary N) is 3. The molecule has 1 aromatic heterocycles. The third-order valence-corrected chi connectivity index (χ3v) is 3.29. The lowest BCUT2D eigenvalue weighted by atomic mass is 10.2. The quantitative estimate of drug-likeness (QED) is 0.512. The van der Waals surface area contributed by atoms with E-state index in [-0.39, 0.29) is 5.91 Å². The molecule has 128 valence electrons. The van der Waals surface area contributed by atoms with Gasteiger partial charge in [0.1, 0.15) is 12.3 Å². The molecule has 0 fully saturated rings.